The van der Waals surface area contributed by atoms with Crippen molar-refractivity contribution >= 4 is 23.6 Å². The molecule has 1 aromatic heterocycles. The zero-order chi connectivity index (χ0) is 28.6. The Kier molecular flexibility index (Phi) is 10.7. The smallest absolute Gasteiger partial charge is 0.233 e. The predicted octanol–water partition coefficient (Wildman–Crippen LogP) is 5.35. The van der Waals surface area contributed by atoms with Gasteiger partial charge in [-0.1, -0.05) is 51.1 Å². The third-order valence-electron chi connectivity index (χ3n) is 6.42. The van der Waals surface area contributed by atoms with Crippen LogP contribution in [0.25, 0.3) is 11.1 Å². The Labute approximate surface area is 233 Å². The number of benzene rings is 2. The summed E-state index contributed by atoms with van der Waals surface area (Å²) in [6.07, 6.45) is 2.63. The number of hydrogen-bond donors (Lipinski definition) is 2. The van der Waals surface area contributed by atoms with Gasteiger partial charge < -0.3 is 20.9 Å². The van der Waals surface area contributed by atoms with Crippen LogP contribution in [-0.4, -0.2) is 45.9 Å². The number of thioether (sulfide) groups is 1. The van der Waals surface area contributed by atoms with Gasteiger partial charge in [-0.15, -0.1) is 0 Å². The zero-order valence-corrected chi connectivity index (χ0v) is 23.6. The maximum atomic E-state index is 14.9. The summed E-state index contributed by atoms with van der Waals surface area (Å²) in [4.78, 5) is 26.6. The Hall–Kier alpha value is -3.17. The molecule has 0 aliphatic carbocycles. The Balaban J connectivity index is 2.10. The lowest BCUT2D eigenvalue weighted by Crippen LogP contribution is -2.44. The number of carbonyl (C=O) groups is 2. The van der Waals surface area contributed by atoms with Crippen LogP contribution >= 0.6 is 11.8 Å². The molecule has 0 saturated heterocycles. The van der Waals surface area contributed by atoms with Gasteiger partial charge in [0.25, 0.3) is 0 Å². The number of nitrogens with zero attached hydrogens (tertiary/aromatic N) is 2. The monoisotopic (exact) mass is 556 g/mol. The van der Waals surface area contributed by atoms with E-state index in [4.69, 9.17) is 11.5 Å². The highest BCUT2D eigenvalue weighted by Gasteiger charge is 2.37. The summed E-state index contributed by atoms with van der Waals surface area (Å²) in [6, 6.07) is 14.7. The van der Waals surface area contributed by atoms with Gasteiger partial charge in [0, 0.05) is 48.3 Å². The molecule has 0 aliphatic heterocycles. The SMILES string of the molecule is CC(C)(C)C(c1cc(-c2cc(F)ccc2F)cn1Cc1ccccc1)N(CCCN)C(=O)CSCCC(N)=O. The fraction of sp³-hybridized carbons (Fsp3) is 0.400. The minimum Gasteiger partial charge on any atom is -0.370 e. The van der Waals surface area contributed by atoms with Crippen LogP contribution in [0.5, 0.6) is 0 Å². The molecule has 0 aliphatic rings. The number of aromatic nitrogens is 1. The number of halogens is 2. The van der Waals surface area contributed by atoms with Crippen molar-refractivity contribution in [1.82, 2.24) is 9.47 Å². The number of nitrogens with two attached hydrogens (primary N) is 2. The van der Waals surface area contributed by atoms with Gasteiger partial charge in [-0.3, -0.25) is 9.59 Å². The topological polar surface area (TPSA) is 94.3 Å². The second-order valence-electron chi connectivity index (χ2n) is 10.7. The molecule has 1 heterocycles. The molecule has 6 nitrogen and oxygen atoms in total. The summed E-state index contributed by atoms with van der Waals surface area (Å²) in [7, 11) is 0. The third-order valence-corrected chi connectivity index (χ3v) is 7.36. The largest absolute Gasteiger partial charge is 0.370 e. The Bertz CT molecular complexity index is 1260. The first-order chi connectivity index (χ1) is 18.5. The van der Waals surface area contributed by atoms with E-state index in [0.717, 1.165) is 23.4 Å². The van der Waals surface area contributed by atoms with Gasteiger partial charge in [0.05, 0.1) is 11.8 Å². The molecule has 3 aromatic rings. The van der Waals surface area contributed by atoms with Crippen molar-refractivity contribution in [3.05, 3.63) is 83.7 Å². The predicted molar refractivity (Wildman–Crippen MR) is 154 cm³/mol. The van der Waals surface area contributed by atoms with E-state index in [1.54, 1.807) is 0 Å². The molecule has 210 valence electrons. The number of carbonyl (C=O) groups excluding carboxylic acids is 2. The van der Waals surface area contributed by atoms with Crippen LogP contribution < -0.4 is 11.5 Å². The molecule has 0 bridgehead atoms. The normalized spacial score (nSPS) is 12.4. The van der Waals surface area contributed by atoms with Gasteiger partial charge in [-0.2, -0.15) is 11.8 Å². The maximum absolute atomic E-state index is 14.9. The molecule has 1 unspecified atom stereocenters. The molecule has 0 spiro atoms. The van der Waals surface area contributed by atoms with E-state index in [9.17, 15) is 18.4 Å². The summed E-state index contributed by atoms with van der Waals surface area (Å²) in [5.74, 6) is -0.880. The second kappa shape index (κ2) is 13.8. The highest BCUT2D eigenvalue weighted by Crippen LogP contribution is 2.41. The lowest BCUT2D eigenvalue weighted by atomic mass is 9.83. The fourth-order valence-corrected chi connectivity index (χ4v) is 5.52. The van der Waals surface area contributed by atoms with Crippen LogP contribution in [-0.2, 0) is 16.1 Å². The fourth-order valence-electron chi connectivity index (χ4n) is 4.69. The first-order valence-corrected chi connectivity index (χ1v) is 14.2. The van der Waals surface area contributed by atoms with Crippen LogP contribution in [0.2, 0.25) is 0 Å². The standard InChI is InChI=1S/C30H38F2N4O2S/c1-30(2,3)29(36(14-7-13-33)28(38)20-39-15-12-27(34)37)26-16-22(24-17-23(31)10-11-25(24)32)19-35(26)18-21-8-5-4-6-9-21/h4-6,8-11,16-17,19,29H,7,12-15,18,20,33H2,1-3H3,(H2,34,37). The average Bonchev–Trinajstić information content (AvgIpc) is 3.27. The number of rotatable bonds is 13. The van der Waals surface area contributed by atoms with Gasteiger partial charge in [0.1, 0.15) is 11.6 Å². The van der Waals surface area contributed by atoms with Gasteiger partial charge >= 0.3 is 0 Å². The maximum Gasteiger partial charge on any atom is 0.233 e. The highest BCUT2D eigenvalue weighted by molar-refractivity contribution is 7.99. The van der Waals surface area contributed by atoms with Crippen LogP contribution in [0, 0.1) is 17.0 Å². The van der Waals surface area contributed by atoms with E-state index in [1.165, 1.54) is 17.8 Å². The van der Waals surface area contributed by atoms with E-state index < -0.39 is 23.0 Å². The second-order valence-corrected chi connectivity index (χ2v) is 11.8. The molecule has 4 N–H and O–H groups in total. The summed E-state index contributed by atoms with van der Waals surface area (Å²) in [5, 5.41) is 0. The van der Waals surface area contributed by atoms with E-state index in [0.29, 0.717) is 37.4 Å². The number of primary amides is 1. The molecule has 2 aromatic carbocycles. The minimum absolute atomic E-state index is 0.0798. The number of amides is 2. The van der Waals surface area contributed by atoms with Crippen molar-refractivity contribution < 1.29 is 18.4 Å². The quantitative estimate of drug-likeness (QED) is 0.277. The van der Waals surface area contributed by atoms with Gasteiger partial charge in [-0.05, 0) is 48.2 Å². The van der Waals surface area contributed by atoms with Crippen molar-refractivity contribution in [3.63, 3.8) is 0 Å². The van der Waals surface area contributed by atoms with Crippen molar-refractivity contribution in [1.29, 1.82) is 0 Å². The minimum atomic E-state index is -0.524. The first kappa shape index (κ1) is 30.4. The Morgan fingerprint density at radius 1 is 1.08 bits per heavy atom. The van der Waals surface area contributed by atoms with Crippen LogP contribution in [0.3, 0.4) is 0 Å². The Morgan fingerprint density at radius 3 is 2.44 bits per heavy atom. The van der Waals surface area contributed by atoms with Crippen LogP contribution in [0.4, 0.5) is 8.78 Å². The molecule has 2 amide bonds. The highest BCUT2D eigenvalue weighted by atomic mass is 32.2. The molecule has 0 saturated carbocycles. The lowest BCUT2D eigenvalue weighted by molar-refractivity contribution is -0.133. The van der Waals surface area contributed by atoms with E-state index in [2.05, 4.69) is 20.8 Å². The number of hydrogen-bond acceptors (Lipinski definition) is 4. The van der Waals surface area contributed by atoms with Crippen molar-refractivity contribution in [2.45, 2.75) is 46.2 Å². The first-order valence-electron chi connectivity index (χ1n) is 13.1. The average molecular weight is 557 g/mol. The van der Waals surface area contributed by atoms with Crippen LogP contribution in [0.1, 0.15) is 50.9 Å². The van der Waals surface area contributed by atoms with E-state index >= 15 is 0 Å². The van der Waals surface area contributed by atoms with Gasteiger partial charge in [0.2, 0.25) is 11.8 Å². The van der Waals surface area contributed by atoms with Crippen LogP contribution in [0.15, 0.2) is 60.8 Å². The van der Waals surface area contributed by atoms with Gasteiger partial charge in [-0.25, -0.2) is 8.78 Å². The van der Waals surface area contributed by atoms with E-state index in [1.807, 2.05) is 52.1 Å². The van der Waals surface area contributed by atoms with Crippen molar-refractivity contribution in [2.24, 2.45) is 16.9 Å². The molecular weight excluding hydrogens is 518 g/mol. The van der Waals surface area contributed by atoms with Crippen molar-refractivity contribution in [3.8, 4) is 11.1 Å². The van der Waals surface area contributed by atoms with Gasteiger partial charge in [0.15, 0.2) is 0 Å². The Morgan fingerprint density at radius 2 is 1.79 bits per heavy atom. The zero-order valence-electron chi connectivity index (χ0n) is 22.8. The lowest BCUT2D eigenvalue weighted by Gasteiger charge is -2.41. The van der Waals surface area contributed by atoms with Crippen molar-refractivity contribution in [2.75, 3.05) is 24.6 Å². The molecule has 0 fully saturated rings. The third kappa shape index (κ3) is 8.41. The van der Waals surface area contributed by atoms with E-state index in [-0.39, 0.29) is 29.7 Å². The molecule has 9 heteroatoms. The summed E-state index contributed by atoms with van der Waals surface area (Å²) < 4.78 is 31.0. The molecule has 1 atom stereocenters. The molecule has 3 rings (SSSR count). The molecule has 39 heavy (non-hydrogen) atoms. The summed E-state index contributed by atoms with van der Waals surface area (Å²) in [6.45, 7) is 7.52. The summed E-state index contributed by atoms with van der Waals surface area (Å²) in [5.41, 5.74) is 13.2. The molecule has 0 radical (unpaired) electrons. The molecular formula is C30H38F2N4O2S. The summed E-state index contributed by atoms with van der Waals surface area (Å²) >= 11 is 1.37.